The fourth-order valence-electron chi connectivity index (χ4n) is 1.73. The van der Waals surface area contributed by atoms with Gasteiger partial charge in [-0.25, -0.2) is 9.97 Å². The maximum absolute atomic E-state index is 5.72. The molecule has 1 aromatic carbocycles. The van der Waals surface area contributed by atoms with Crippen LogP contribution in [0.2, 0.25) is 0 Å². The number of anilines is 1. The third-order valence-corrected chi connectivity index (χ3v) is 3.77. The Morgan fingerprint density at radius 3 is 2.61 bits per heavy atom. The molecule has 0 aliphatic carbocycles. The second-order valence-electron chi connectivity index (χ2n) is 4.41. The number of benzene rings is 1. The van der Waals surface area contributed by atoms with Crippen LogP contribution in [0.5, 0.6) is 0 Å². The Labute approximate surface area is 112 Å². The molecule has 3 nitrogen and oxygen atoms in total. The molecular weight excluding hydrogens is 242 g/mol. The summed E-state index contributed by atoms with van der Waals surface area (Å²) in [4.78, 5) is 9.91. The second kappa shape index (κ2) is 5.40. The average Bonchev–Trinajstić information content (AvgIpc) is 2.29. The van der Waals surface area contributed by atoms with Gasteiger partial charge in [-0.1, -0.05) is 17.7 Å². The van der Waals surface area contributed by atoms with E-state index in [1.54, 1.807) is 17.8 Å². The monoisotopic (exact) mass is 259 g/mol. The molecule has 0 atom stereocenters. The molecule has 2 rings (SSSR count). The third kappa shape index (κ3) is 3.23. The van der Waals surface area contributed by atoms with Crippen LogP contribution in [-0.4, -0.2) is 9.97 Å². The number of aromatic nitrogens is 2. The molecule has 1 aromatic heterocycles. The molecule has 18 heavy (non-hydrogen) atoms. The molecule has 0 aliphatic rings. The van der Waals surface area contributed by atoms with Gasteiger partial charge in [0.1, 0.15) is 11.6 Å². The first-order valence-electron chi connectivity index (χ1n) is 5.84. The summed E-state index contributed by atoms with van der Waals surface area (Å²) in [6, 6.07) is 8.24. The van der Waals surface area contributed by atoms with E-state index in [0.717, 1.165) is 17.3 Å². The SMILES string of the molecule is Cc1ccc(C)c(SCc2nc(C)cc(N)n2)c1. The Hall–Kier alpha value is -1.55. The van der Waals surface area contributed by atoms with Crippen LogP contribution in [0.3, 0.4) is 0 Å². The average molecular weight is 259 g/mol. The van der Waals surface area contributed by atoms with E-state index >= 15 is 0 Å². The van der Waals surface area contributed by atoms with Crippen LogP contribution in [0.4, 0.5) is 5.82 Å². The van der Waals surface area contributed by atoms with E-state index in [-0.39, 0.29) is 0 Å². The lowest BCUT2D eigenvalue weighted by Crippen LogP contribution is -2.00. The number of thioether (sulfide) groups is 1. The molecule has 0 fully saturated rings. The summed E-state index contributed by atoms with van der Waals surface area (Å²) in [5.41, 5.74) is 9.19. The number of hydrogen-bond donors (Lipinski definition) is 1. The quantitative estimate of drug-likeness (QED) is 0.859. The third-order valence-electron chi connectivity index (χ3n) is 2.62. The molecule has 1 heterocycles. The highest BCUT2D eigenvalue weighted by molar-refractivity contribution is 7.98. The first kappa shape index (κ1) is 12.9. The van der Waals surface area contributed by atoms with Gasteiger partial charge < -0.3 is 5.73 Å². The molecule has 0 unspecified atom stereocenters. The molecule has 4 heteroatoms. The van der Waals surface area contributed by atoms with Crippen molar-refractivity contribution in [1.82, 2.24) is 9.97 Å². The lowest BCUT2D eigenvalue weighted by molar-refractivity contribution is 1.00. The number of nitrogens with zero attached hydrogens (tertiary/aromatic N) is 2. The van der Waals surface area contributed by atoms with Crippen molar-refractivity contribution in [3.05, 3.63) is 46.9 Å². The van der Waals surface area contributed by atoms with Gasteiger partial charge in [0.2, 0.25) is 0 Å². The van der Waals surface area contributed by atoms with Crippen LogP contribution < -0.4 is 5.73 Å². The minimum Gasteiger partial charge on any atom is -0.384 e. The van der Waals surface area contributed by atoms with Crippen LogP contribution in [0.15, 0.2) is 29.2 Å². The van der Waals surface area contributed by atoms with E-state index in [2.05, 4.69) is 42.0 Å². The molecule has 0 radical (unpaired) electrons. The summed E-state index contributed by atoms with van der Waals surface area (Å²) in [6.07, 6.45) is 0. The lowest BCUT2D eigenvalue weighted by Gasteiger charge is -2.07. The Kier molecular flexibility index (Phi) is 3.87. The van der Waals surface area contributed by atoms with Crippen LogP contribution in [0, 0.1) is 20.8 Å². The van der Waals surface area contributed by atoms with Crippen molar-refractivity contribution in [3.8, 4) is 0 Å². The van der Waals surface area contributed by atoms with Gasteiger partial charge in [0.25, 0.3) is 0 Å². The smallest absolute Gasteiger partial charge is 0.141 e. The first-order valence-corrected chi connectivity index (χ1v) is 6.83. The van der Waals surface area contributed by atoms with Crippen molar-refractivity contribution in [3.63, 3.8) is 0 Å². The maximum Gasteiger partial charge on any atom is 0.141 e. The summed E-state index contributed by atoms with van der Waals surface area (Å²) in [5.74, 6) is 2.08. The molecular formula is C14H17N3S. The summed E-state index contributed by atoms with van der Waals surface area (Å²) >= 11 is 1.75. The van der Waals surface area contributed by atoms with Gasteiger partial charge in [0, 0.05) is 16.7 Å². The van der Waals surface area contributed by atoms with Crippen molar-refractivity contribution in [2.75, 3.05) is 5.73 Å². The minimum absolute atomic E-state index is 0.541. The van der Waals surface area contributed by atoms with Gasteiger partial charge in [-0.3, -0.25) is 0 Å². The topological polar surface area (TPSA) is 51.8 Å². The Bertz CT molecular complexity index is 547. The zero-order valence-corrected chi connectivity index (χ0v) is 11.7. The van der Waals surface area contributed by atoms with Gasteiger partial charge in [0.15, 0.2) is 0 Å². The summed E-state index contributed by atoms with van der Waals surface area (Å²) in [6.45, 7) is 6.15. The van der Waals surface area contributed by atoms with Gasteiger partial charge >= 0.3 is 0 Å². The number of nitrogens with two attached hydrogens (primary N) is 1. The molecule has 0 amide bonds. The lowest BCUT2D eigenvalue weighted by atomic mass is 10.2. The highest BCUT2D eigenvalue weighted by Crippen LogP contribution is 2.26. The number of hydrogen-bond acceptors (Lipinski definition) is 4. The van der Waals surface area contributed by atoms with E-state index in [0.29, 0.717) is 5.82 Å². The normalized spacial score (nSPS) is 10.6. The fraction of sp³-hybridized carbons (Fsp3) is 0.286. The number of nitrogen functional groups attached to an aromatic ring is 1. The molecule has 2 aromatic rings. The Balaban J connectivity index is 2.13. The molecule has 0 saturated heterocycles. The molecule has 2 N–H and O–H groups in total. The Morgan fingerprint density at radius 2 is 1.89 bits per heavy atom. The van der Waals surface area contributed by atoms with Gasteiger partial charge in [-0.05, 0) is 32.4 Å². The predicted molar refractivity (Wildman–Crippen MR) is 76.7 cm³/mol. The number of rotatable bonds is 3. The van der Waals surface area contributed by atoms with Gasteiger partial charge in [0.05, 0.1) is 5.75 Å². The minimum atomic E-state index is 0.541. The summed E-state index contributed by atoms with van der Waals surface area (Å²) in [5, 5.41) is 0. The maximum atomic E-state index is 5.72. The molecule has 0 saturated carbocycles. The summed E-state index contributed by atoms with van der Waals surface area (Å²) in [7, 11) is 0. The predicted octanol–water partition coefficient (Wildman–Crippen LogP) is 3.28. The van der Waals surface area contributed by atoms with E-state index in [1.165, 1.54) is 16.0 Å². The largest absolute Gasteiger partial charge is 0.384 e. The standard InChI is InChI=1S/C14H17N3S/c1-9-4-5-10(2)12(6-9)18-8-14-16-11(3)7-13(15)17-14/h4-7H,8H2,1-3H3,(H2,15,16,17). The van der Waals surface area contributed by atoms with Crippen molar-refractivity contribution in [1.29, 1.82) is 0 Å². The van der Waals surface area contributed by atoms with Crippen molar-refractivity contribution >= 4 is 17.6 Å². The van der Waals surface area contributed by atoms with Crippen LogP contribution >= 0.6 is 11.8 Å². The van der Waals surface area contributed by atoms with Crippen LogP contribution in [-0.2, 0) is 5.75 Å². The van der Waals surface area contributed by atoms with E-state index in [4.69, 9.17) is 5.73 Å². The highest BCUT2D eigenvalue weighted by Gasteiger charge is 2.04. The second-order valence-corrected chi connectivity index (χ2v) is 5.43. The summed E-state index contributed by atoms with van der Waals surface area (Å²) < 4.78 is 0. The Morgan fingerprint density at radius 1 is 1.11 bits per heavy atom. The van der Waals surface area contributed by atoms with E-state index in [9.17, 15) is 0 Å². The van der Waals surface area contributed by atoms with E-state index in [1.807, 2.05) is 6.92 Å². The first-order chi connectivity index (χ1) is 8.54. The molecule has 0 aliphatic heterocycles. The fourth-order valence-corrected chi connectivity index (χ4v) is 2.70. The molecule has 0 spiro atoms. The van der Waals surface area contributed by atoms with Crippen molar-refractivity contribution in [2.45, 2.75) is 31.4 Å². The van der Waals surface area contributed by atoms with E-state index < -0.39 is 0 Å². The van der Waals surface area contributed by atoms with Crippen molar-refractivity contribution in [2.24, 2.45) is 0 Å². The zero-order valence-electron chi connectivity index (χ0n) is 10.9. The van der Waals surface area contributed by atoms with Gasteiger partial charge in [-0.2, -0.15) is 0 Å². The van der Waals surface area contributed by atoms with Gasteiger partial charge in [-0.15, -0.1) is 11.8 Å². The molecule has 0 bridgehead atoms. The zero-order chi connectivity index (χ0) is 13.1. The number of aryl methyl sites for hydroxylation is 3. The van der Waals surface area contributed by atoms with Crippen LogP contribution in [0.25, 0.3) is 0 Å². The van der Waals surface area contributed by atoms with Crippen LogP contribution in [0.1, 0.15) is 22.6 Å². The molecule has 94 valence electrons. The van der Waals surface area contributed by atoms with Crippen molar-refractivity contribution < 1.29 is 0 Å². The highest BCUT2D eigenvalue weighted by atomic mass is 32.2.